The molecule has 1 radical (unpaired) electrons. The van der Waals surface area contributed by atoms with Crippen LogP contribution in [0, 0.1) is 12.7 Å². The maximum absolute atomic E-state index is 13.1. The van der Waals surface area contributed by atoms with Crippen molar-refractivity contribution in [2.75, 3.05) is 21.3 Å². The lowest BCUT2D eigenvalue weighted by Crippen LogP contribution is -2.04. The van der Waals surface area contributed by atoms with Crippen LogP contribution in [-0.2, 0) is 0 Å². The van der Waals surface area contributed by atoms with Crippen LogP contribution in [-0.4, -0.2) is 21.3 Å². The summed E-state index contributed by atoms with van der Waals surface area (Å²) in [6.07, 6.45) is 0. The molecule has 0 aliphatic carbocycles. The SMILES string of the molecule is [CH2]C(c1ccc(F)cc1)c1c(OC)cc(OC)cc1OC. The summed E-state index contributed by atoms with van der Waals surface area (Å²) < 4.78 is 29.1. The Balaban J connectivity index is 2.52. The summed E-state index contributed by atoms with van der Waals surface area (Å²) in [4.78, 5) is 0. The Hall–Kier alpha value is -2.23. The molecule has 1 atom stereocenters. The molecule has 0 aliphatic rings. The molecule has 0 bridgehead atoms. The van der Waals surface area contributed by atoms with Gasteiger partial charge in [0.2, 0.25) is 0 Å². The Morgan fingerprint density at radius 2 is 1.43 bits per heavy atom. The highest BCUT2D eigenvalue weighted by atomic mass is 19.1. The van der Waals surface area contributed by atoms with Gasteiger partial charge in [-0.25, -0.2) is 4.39 Å². The Morgan fingerprint density at radius 3 is 1.86 bits per heavy atom. The van der Waals surface area contributed by atoms with Crippen LogP contribution in [0.15, 0.2) is 36.4 Å². The number of hydrogen-bond acceptors (Lipinski definition) is 3. The van der Waals surface area contributed by atoms with Crippen molar-refractivity contribution in [3.63, 3.8) is 0 Å². The molecular weight excluding hydrogens is 271 g/mol. The lowest BCUT2D eigenvalue weighted by atomic mass is 9.91. The quantitative estimate of drug-likeness (QED) is 0.837. The summed E-state index contributed by atoms with van der Waals surface area (Å²) in [5.74, 6) is 1.35. The summed E-state index contributed by atoms with van der Waals surface area (Å²) >= 11 is 0. The van der Waals surface area contributed by atoms with E-state index in [1.807, 2.05) is 0 Å². The summed E-state index contributed by atoms with van der Waals surface area (Å²) in [6, 6.07) is 9.79. The monoisotopic (exact) mass is 289 g/mol. The van der Waals surface area contributed by atoms with Crippen LogP contribution in [0.25, 0.3) is 0 Å². The molecule has 0 aromatic heterocycles. The van der Waals surface area contributed by atoms with Crippen molar-refractivity contribution in [2.45, 2.75) is 5.92 Å². The molecule has 2 aromatic rings. The number of methoxy groups -OCH3 is 3. The first-order valence-electron chi connectivity index (χ1n) is 6.49. The van der Waals surface area contributed by atoms with Gasteiger partial charge in [0.15, 0.2) is 0 Å². The highest BCUT2D eigenvalue weighted by molar-refractivity contribution is 5.55. The largest absolute Gasteiger partial charge is 0.496 e. The molecule has 111 valence electrons. The minimum absolute atomic E-state index is 0.249. The van der Waals surface area contributed by atoms with Gasteiger partial charge in [0, 0.05) is 23.6 Å². The van der Waals surface area contributed by atoms with E-state index in [0.717, 1.165) is 11.1 Å². The van der Waals surface area contributed by atoms with Gasteiger partial charge in [-0.1, -0.05) is 12.1 Å². The zero-order valence-electron chi connectivity index (χ0n) is 12.4. The number of hydrogen-bond donors (Lipinski definition) is 0. The van der Waals surface area contributed by atoms with E-state index >= 15 is 0 Å². The molecule has 0 heterocycles. The first-order valence-corrected chi connectivity index (χ1v) is 6.49. The van der Waals surface area contributed by atoms with Gasteiger partial charge >= 0.3 is 0 Å². The first-order chi connectivity index (χ1) is 10.1. The van der Waals surface area contributed by atoms with E-state index in [0.29, 0.717) is 17.2 Å². The van der Waals surface area contributed by atoms with Crippen molar-refractivity contribution in [3.05, 3.63) is 60.3 Å². The van der Waals surface area contributed by atoms with E-state index in [9.17, 15) is 4.39 Å². The summed E-state index contributed by atoms with van der Waals surface area (Å²) in [5, 5.41) is 0. The maximum atomic E-state index is 13.1. The van der Waals surface area contributed by atoms with Crippen LogP contribution in [0.5, 0.6) is 17.2 Å². The van der Waals surface area contributed by atoms with Crippen molar-refractivity contribution < 1.29 is 18.6 Å². The average Bonchev–Trinajstić information content (AvgIpc) is 2.53. The number of ether oxygens (including phenoxy) is 3. The van der Waals surface area contributed by atoms with E-state index < -0.39 is 0 Å². The fourth-order valence-electron chi connectivity index (χ4n) is 2.24. The van der Waals surface area contributed by atoms with Gasteiger partial charge in [-0.05, 0) is 24.6 Å². The minimum atomic E-state index is -0.278. The molecule has 0 saturated carbocycles. The second kappa shape index (κ2) is 6.48. The van der Waals surface area contributed by atoms with Gasteiger partial charge in [0.05, 0.1) is 21.3 Å². The highest BCUT2D eigenvalue weighted by Gasteiger charge is 2.20. The Labute approximate surface area is 124 Å². The van der Waals surface area contributed by atoms with Crippen LogP contribution >= 0.6 is 0 Å². The summed E-state index contributed by atoms with van der Waals surface area (Å²) in [7, 11) is 4.74. The van der Waals surface area contributed by atoms with E-state index in [-0.39, 0.29) is 11.7 Å². The smallest absolute Gasteiger partial charge is 0.130 e. The van der Waals surface area contributed by atoms with Crippen LogP contribution in [0.4, 0.5) is 4.39 Å². The molecule has 0 spiro atoms. The third-order valence-electron chi connectivity index (χ3n) is 3.37. The minimum Gasteiger partial charge on any atom is -0.496 e. The fourth-order valence-corrected chi connectivity index (χ4v) is 2.24. The van der Waals surface area contributed by atoms with Crippen LogP contribution in [0.1, 0.15) is 17.0 Å². The summed E-state index contributed by atoms with van der Waals surface area (Å²) in [5.41, 5.74) is 1.67. The highest BCUT2D eigenvalue weighted by Crippen LogP contribution is 2.41. The number of benzene rings is 2. The van der Waals surface area contributed by atoms with Crippen LogP contribution in [0.2, 0.25) is 0 Å². The molecule has 0 amide bonds. The molecule has 0 aliphatic heterocycles. The zero-order valence-corrected chi connectivity index (χ0v) is 12.4. The maximum Gasteiger partial charge on any atom is 0.130 e. The molecule has 0 N–H and O–H groups in total. The third-order valence-corrected chi connectivity index (χ3v) is 3.37. The molecule has 1 unspecified atom stereocenters. The van der Waals surface area contributed by atoms with Gasteiger partial charge in [0.1, 0.15) is 23.1 Å². The lowest BCUT2D eigenvalue weighted by molar-refractivity contribution is 0.368. The van der Waals surface area contributed by atoms with Crippen molar-refractivity contribution in [1.29, 1.82) is 0 Å². The van der Waals surface area contributed by atoms with Crippen LogP contribution < -0.4 is 14.2 Å². The van der Waals surface area contributed by atoms with Crippen molar-refractivity contribution in [2.24, 2.45) is 0 Å². The molecular formula is C17H18FO3. The first kappa shape index (κ1) is 15.2. The van der Waals surface area contributed by atoms with Gasteiger partial charge in [-0.3, -0.25) is 0 Å². The van der Waals surface area contributed by atoms with Gasteiger partial charge < -0.3 is 14.2 Å². The van der Waals surface area contributed by atoms with E-state index in [1.165, 1.54) is 12.1 Å². The van der Waals surface area contributed by atoms with Crippen molar-refractivity contribution in [3.8, 4) is 17.2 Å². The van der Waals surface area contributed by atoms with Gasteiger partial charge in [0.25, 0.3) is 0 Å². The Morgan fingerprint density at radius 1 is 0.905 bits per heavy atom. The van der Waals surface area contributed by atoms with E-state index in [1.54, 1.807) is 45.6 Å². The predicted octanol–water partition coefficient (Wildman–Crippen LogP) is 3.82. The second-order valence-corrected chi connectivity index (χ2v) is 4.55. The lowest BCUT2D eigenvalue weighted by Gasteiger charge is -2.20. The molecule has 0 fully saturated rings. The fraction of sp³-hybridized carbons (Fsp3) is 0.235. The van der Waals surface area contributed by atoms with Crippen molar-refractivity contribution >= 4 is 0 Å². The molecule has 4 heteroatoms. The molecule has 3 nitrogen and oxygen atoms in total. The summed E-state index contributed by atoms with van der Waals surface area (Å²) in [6.45, 7) is 4.16. The van der Waals surface area contributed by atoms with E-state index in [4.69, 9.17) is 14.2 Å². The van der Waals surface area contributed by atoms with E-state index in [2.05, 4.69) is 6.92 Å². The average molecular weight is 289 g/mol. The normalized spacial score (nSPS) is 11.9. The molecule has 2 rings (SSSR count). The molecule has 2 aromatic carbocycles. The zero-order chi connectivity index (χ0) is 15.4. The van der Waals surface area contributed by atoms with Gasteiger partial charge in [-0.2, -0.15) is 0 Å². The topological polar surface area (TPSA) is 27.7 Å². The standard InChI is InChI=1S/C17H18FO3/c1-11(12-5-7-13(18)8-6-12)17-15(20-3)9-14(19-2)10-16(17)21-4/h5-11H,1H2,2-4H3. The second-order valence-electron chi connectivity index (χ2n) is 4.55. The Kier molecular flexibility index (Phi) is 4.68. The molecule has 21 heavy (non-hydrogen) atoms. The third kappa shape index (κ3) is 3.10. The Bertz CT molecular complexity index is 583. The predicted molar refractivity (Wildman–Crippen MR) is 79.7 cm³/mol. The van der Waals surface area contributed by atoms with Crippen molar-refractivity contribution in [1.82, 2.24) is 0 Å². The van der Waals surface area contributed by atoms with Crippen LogP contribution in [0.3, 0.4) is 0 Å². The van der Waals surface area contributed by atoms with Gasteiger partial charge in [-0.15, -0.1) is 0 Å². The number of halogens is 1. The number of rotatable bonds is 5. The molecule has 0 saturated heterocycles.